The number of halogens is 10. The van der Waals surface area contributed by atoms with Crippen molar-refractivity contribution >= 4 is 5.97 Å². The second kappa shape index (κ2) is 4.11. The van der Waals surface area contributed by atoms with E-state index < -0.39 is 35.7 Å². The summed E-state index contributed by atoms with van der Waals surface area (Å²) in [6, 6.07) is 0. The van der Waals surface area contributed by atoms with E-state index in [2.05, 4.69) is 5.73 Å². The van der Waals surface area contributed by atoms with Gasteiger partial charge in [0, 0.05) is 0 Å². The predicted molar refractivity (Wildman–Crippen MR) is 36.6 cm³/mol. The summed E-state index contributed by atoms with van der Waals surface area (Å²) in [5.74, 6) is -31.3. The fourth-order valence-electron chi connectivity index (χ4n) is 0.738. The zero-order valence-electron chi connectivity index (χ0n) is 8.21. The van der Waals surface area contributed by atoms with Crippen LogP contribution in [0.25, 0.3) is 0 Å². The molecule has 1 atom stereocenters. The maximum atomic E-state index is 12.7. The Balaban J connectivity index is 5.99. The number of carbonyl (C=O) groups is 1. The fraction of sp³-hybridized carbons (Fsp3) is 0.833. The van der Waals surface area contributed by atoms with Crippen molar-refractivity contribution in [1.29, 1.82) is 0 Å². The number of carboxylic acids is 1. The molecule has 0 aliphatic carbocycles. The lowest BCUT2D eigenvalue weighted by molar-refractivity contribution is -0.409. The summed E-state index contributed by atoms with van der Waals surface area (Å²) in [5, 5.41) is 7.77. The van der Waals surface area contributed by atoms with Crippen LogP contribution in [0.15, 0.2) is 0 Å². The van der Waals surface area contributed by atoms with Gasteiger partial charge >= 0.3 is 35.7 Å². The van der Waals surface area contributed by atoms with Crippen molar-refractivity contribution < 1.29 is 53.8 Å². The molecule has 0 aromatic heterocycles. The summed E-state index contributed by atoms with van der Waals surface area (Å²) in [4.78, 5) is 9.85. The number of rotatable bonds is 4. The molecule has 0 heterocycles. The van der Waals surface area contributed by atoms with Gasteiger partial charge in [0.25, 0.3) is 0 Å². The first-order valence-electron chi connectivity index (χ1n) is 3.86. The van der Waals surface area contributed by atoms with E-state index in [1.165, 1.54) is 0 Å². The van der Waals surface area contributed by atoms with E-state index in [1.54, 1.807) is 0 Å². The molecule has 3 N–H and O–H groups in total. The van der Waals surface area contributed by atoms with Gasteiger partial charge in [0.05, 0.1) is 0 Å². The van der Waals surface area contributed by atoms with Gasteiger partial charge in [0.2, 0.25) is 0 Å². The molecule has 1 unspecified atom stereocenters. The lowest BCUT2D eigenvalue weighted by atomic mass is 9.96. The Morgan fingerprint density at radius 3 is 1.26 bits per heavy atom. The standard InChI is InChI=1S/C6H3F10NO2/c7-2(17,1(18)19)3(8,9)4(10,11)5(12,13)6(14,15)16/h17H2,(H,18,19). The van der Waals surface area contributed by atoms with Gasteiger partial charge in [-0.1, -0.05) is 0 Å². The van der Waals surface area contributed by atoms with Gasteiger partial charge in [-0.2, -0.15) is 39.5 Å². The van der Waals surface area contributed by atoms with Crippen LogP contribution in [-0.2, 0) is 4.79 Å². The predicted octanol–water partition coefficient (Wildman–Crippen LogP) is 2.16. The molecule has 0 amide bonds. The van der Waals surface area contributed by atoms with Crippen molar-refractivity contribution in [2.24, 2.45) is 5.73 Å². The molecule has 0 aliphatic rings. The van der Waals surface area contributed by atoms with E-state index in [1.807, 2.05) is 0 Å². The highest BCUT2D eigenvalue weighted by Gasteiger charge is 2.87. The van der Waals surface area contributed by atoms with E-state index in [0.717, 1.165) is 0 Å². The number of hydrogen-bond acceptors (Lipinski definition) is 2. The molecule has 114 valence electrons. The number of alkyl halides is 10. The minimum absolute atomic E-state index is 3.55. The fourth-order valence-corrected chi connectivity index (χ4v) is 0.738. The molecule has 0 saturated carbocycles. The highest BCUT2D eigenvalue weighted by molar-refractivity contribution is 5.78. The molecule has 0 rings (SSSR count). The van der Waals surface area contributed by atoms with E-state index in [4.69, 9.17) is 5.11 Å². The van der Waals surface area contributed by atoms with Crippen molar-refractivity contribution in [3.63, 3.8) is 0 Å². The Bertz CT molecular complexity index is 373. The molecule has 0 spiro atoms. The molecule has 0 aromatic rings. The summed E-state index contributed by atoms with van der Waals surface area (Å²) in [6.45, 7) is 0. The number of aliphatic carboxylic acids is 1. The molecule has 0 bridgehead atoms. The van der Waals surface area contributed by atoms with E-state index in [9.17, 15) is 48.7 Å². The third-order valence-corrected chi connectivity index (χ3v) is 1.91. The highest BCUT2D eigenvalue weighted by Crippen LogP contribution is 2.55. The Hall–Kier alpha value is -1.27. The topological polar surface area (TPSA) is 63.3 Å². The largest absolute Gasteiger partial charge is 0.478 e. The molecule has 0 fully saturated rings. The maximum Gasteiger partial charge on any atom is 0.460 e. The molecular weight excluding hydrogens is 308 g/mol. The highest BCUT2D eigenvalue weighted by atomic mass is 19.4. The first kappa shape index (κ1) is 17.7. The Kier molecular flexibility index (Phi) is 3.84. The summed E-state index contributed by atoms with van der Waals surface area (Å²) in [6.07, 6.45) is -7.19. The van der Waals surface area contributed by atoms with E-state index >= 15 is 0 Å². The van der Waals surface area contributed by atoms with Crippen LogP contribution in [0.2, 0.25) is 0 Å². The zero-order chi connectivity index (χ0) is 16.1. The summed E-state index contributed by atoms with van der Waals surface area (Å²) in [5.41, 5.74) is 3.57. The third kappa shape index (κ3) is 2.19. The second-order valence-electron chi connectivity index (χ2n) is 3.24. The third-order valence-electron chi connectivity index (χ3n) is 1.91. The summed E-state index contributed by atoms with van der Waals surface area (Å²) in [7, 11) is 0. The van der Waals surface area contributed by atoms with Crippen LogP contribution in [0.4, 0.5) is 43.9 Å². The van der Waals surface area contributed by atoms with Gasteiger partial charge in [-0.05, 0) is 0 Å². The van der Waals surface area contributed by atoms with Crippen LogP contribution in [0, 0.1) is 0 Å². The smallest absolute Gasteiger partial charge is 0.460 e. The van der Waals surface area contributed by atoms with E-state index in [0.29, 0.717) is 0 Å². The molecule has 13 heteroatoms. The number of hydrogen-bond donors (Lipinski definition) is 2. The Morgan fingerprint density at radius 2 is 1.05 bits per heavy atom. The molecular formula is C6H3F10NO2. The van der Waals surface area contributed by atoms with Gasteiger partial charge in [0.1, 0.15) is 0 Å². The van der Waals surface area contributed by atoms with Gasteiger partial charge in [-0.15, -0.1) is 0 Å². The quantitative estimate of drug-likeness (QED) is 0.618. The van der Waals surface area contributed by atoms with Gasteiger partial charge in [-0.25, -0.2) is 9.18 Å². The molecule has 0 saturated heterocycles. The minimum Gasteiger partial charge on any atom is -0.478 e. The first-order valence-corrected chi connectivity index (χ1v) is 3.86. The van der Waals surface area contributed by atoms with Crippen molar-refractivity contribution in [2.45, 2.75) is 29.7 Å². The average molecular weight is 311 g/mol. The van der Waals surface area contributed by atoms with Crippen LogP contribution in [0.1, 0.15) is 0 Å². The van der Waals surface area contributed by atoms with Crippen LogP contribution >= 0.6 is 0 Å². The maximum absolute atomic E-state index is 12.7. The minimum atomic E-state index is -7.43. The molecule has 0 aliphatic heterocycles. The van der Waals surface area contributed by atoms with Gasteiger partial charge < -0.3 is 5.11 Å². The summed E-state index contributed by atoms with van der Waals surface area (Å²) < 4.78 is 122. The van der Waals surface area contributed by atoms with Crippen molar-refractivity contribution in [3.8, 4) is 0 Å². The molecule has 0 radical (unpaired) electrons. The number of nitrogens with two attached hydrogens (primary N) is 1. The molecule has 3 nitrogen and oxygen atoms in total. The SMILES string of the molecule is NC(F)(C(=O)O)C(F)(F)C(F)(F)C(F)(F)C(F)(F)F. The summed E-state index contributed by atoms with van der Waals surface area (Å²) >= 11 is 0. The van der Waals surface area contributed by atoms with Gasteiger partial charge in [0.15, 0.2) is 0 Å². The Morgan fingerprint density at radius 1 is 0.737 bits per heavy atom. The van der Waals surface area contributed by atoms with Crippen LogP contribution < -0.4 is 5.73 Å². The number of carboxylic acid groups (broad SMARTS) is 1. The van der Waals surface area contributed by atoms with Crippen LogP contribution in [-0.4, -0.2) is 40.8 Å². The van der Waals surface area contributed by atoms with Gasteiger partial charge in [-0.3, -0.25) is 5.73 Å². The monoisotopic (exact) mass is 311 g/mol. The normalized spacial score (nSPS) is 18.1. The second-order valence-corrected chi connectivity index (χ2v) is 3.24. The Labute approximate surface area is 96.5 Å². The van der Waals surface area contributed by atoms with Crippen molar-refractivity contribution in [1.82, 2.24) is 0 Å². The van der Waals surface area contributed by atoms with Crippen LogP contribution in [0.5, 0.6) is 0 Å². The van der Waals surface area contributed by atoms with E-state index in [-0.39, 0.29) is 0 Å². The van der Waals surface area contributed by atoms with Crippen molar-refractivity contribution in [3.05, 3.63) is 0 Å². The van der Waals surface area contributed by atoms with Crippen LogP contribution in [0.3, 0.4) is 0 Å². The van der Waals surface area contributed by atoms with Crippen molar-refractivity contribution in [2.75, 3.05) is 0 Å². The molecule has 19 heavy (non-hydrogen) atoms. The lowest BCUT2D eigenvalue weighted by Gasteiger charge is -2.37. The zero-order valence-corrected chi connectivity index (χ0v) is 8.21. The average Bonchev–Trinajstić information content (AvgIpc) is 2.14. The molecule has 0 aromatic carbocycles. The first-order chi connectivity index (χ1) is 7.94. The lowest BCUT2D eigenvalue weighted by Crippen LogP contribution is -2.72.